The number of aryl methyl sites for hydroxylation is 3. The fraction of sp³-hybridized carbons (Fsp3) is 0.263. The number of imide groups is 1. The molecule has 1 aliphatic heterocycles. The predicted molar refractivity (Wildman–Crippen MR) is 96.6 cm³/mol. The topological polar surface area (TPSA) is 49.4 Å². The van der Waals surface area contributed by atoms with Gasteiger partial charge < -0.3 is 5.32 Å². The maximum atomic E-state index is 12.7. The first-order chi connectivity index (χ1) is 11.4. The number of nitrogens with zero attached hydrogens (tertiary/aromatic N) is 1. The number of carbonyl (C=O) groups is 2. The van der Waals surface area contributed by atoms with Crippen LogP contribution in [0, 0.1) is 20.8 Å². The molecule has 0 radical (unpaired) electrons. The number of benzene rings is 2. The van der Waals surface area contributed by atoms with Crippen LogP contribution in [0.4, 0.5) is 11.4 Å². The highest BCUT2D eigenvalue weighted by atomic mass is 35.5. The summed E-state index contributed by atoms with van der Waals surface area (Å²) in [5.74, 6) is -0.469. The SMILES string of the molecule is Cc1ccc(C)c(N[C@H]2CC(=O)N(c3ccc(C)c(Cl)c3)C2=O)c1. The first-order valence-electron chi connectivity index (χ1n) is 7.83. The van der Waals surface area contributed by atoms with E-state index in [1.165, 1.54) is 4.90 Å². The zero-order chi connectivity index (χ0) is 17.4. The van der Waals surface area contributed by atoms with E-state index in [0.717, 1.165) is 22.4 Å². The van der Waals surface area contributed by atoms with E-state index < -0.39 is 6.04 Å². The van der Waals surface area contributed by atoms with Crippen molar-refractivity contribution < 1.29 is 9.59 Å². The van der Waals surface area contributed by atoms with E-state index in [-0.39, 0.29) is 18.2 Å². The van der Waals surface area contributed by atoms with Gasteiger partial charge in [0.05, 0.1) is 12.1 Å². The fourth-order valence-corrected chi connectivity index (χ4v) is 2.99. The van der Waals surface area contributed by atoms with Gasteiger partial charge in [-0.15, -0.1) is 0 Å². The molecule has 1 saturated heterocycles. The van der Waals surface area contributed by atoms with Crippen molar-refractivity contribution in [3.05, 3.63) is 58.1 Å². The lowest BCUT2D eigenvalue weighted by atomic mass is 10.1. The van der Waals surface area contributed by atoms with Gasteiger partial charge in [-0.05, 0) is 55.7 Å². The summed E-state index contributed by atoms with van der Waals surface area (Å²) in [4.78, 5) is 26.3. The minimum absolute atomic E-state index is 0.137. The molecule has 0 spiro atoms. The molecular weight excluding hydrogens is 324 g/mol. The third-order valence-corrected chi connectivity index (χ3v) is 4.69. The summed E-state index contributed by atoms with van der Waals surface area (Å²) in [7, 11) is 0. The maximum absolute atomic E-state index is 12.7. The summed E-state index contributed by atoms with van der Waals surface area (Å²) in [6, 6.07) is 10.7. The Morgan fingerprint density at radius 2 is 1.75 bits per heavy atom. The molecule has 0 bridgehead atoms. The molecule has 2 aromatic carbocycles. The van der Waals surface area contributed by atoms with E-state index in [0.29, 0.717) is 10.7 Å². The minimum Gasteiger partial charge on any atom is -0.373 e. The lowest BCUT2D eigenvalue weighted by Gasteiger charge is -2.18. The van der Waals surface area contributed by atoms with Gasteiger partial charge in [-0.25, -0.2) is 4.90 Å². The van der Waals surface area contributed by atoms with Crippen LogP contribution >= 0.6 is 11.6 Å². The molecule has 0 aromatic heterocycles. The van der Waals surface area contributed by atoms with Crippen LogP contribution in [0.15, 0.2) is 36.4 Å². The van der Waals surface area contributed by atoms with Crippen molar-refractivity contribution in [2.24, 2.45) is 0 Å². The highest BCUT2D eigenvalue weighted by Gasteiger charge is 2.39. The molecule has 24 heavy (non-hydrogen) atoms. The molecule has 1 heterocycles. The lowest BCUT2D eigenvalue weighted by molar-refractivity contribution is -0.121. The summed E-state index contributed by atoms with van der Waals surface area (Å²) < 4.78 is 0. The Balaban J connectivity index is 1.86. The fourth-order valence-electron chi connectivity index (χ4n) is 2.82. The normalized spacial score (nSPS) is 17.5. The van der Waals surface area contributed by atoms with Gasteiger partial charge in [0, 0.05) is 10.7 Å². The van der Waals surface area contributed by atoms with Crippen LogP contribution in [0.2, 0.25) is 5.02 Å². The summed E-state index contributed by atoms with van der Waals surface area (Å²) in [5.41, 5.74) is 4.44. The van der Waals surface area contributed by atoms with Gasteiger partial charge in [0.25, 0.3) is 5.91 Å². The Hall–Kier alpha value is -2.33. The zero-order valence-corrected chi connectivity index (χ0v) is 14.6. The van der Waals surface area contributed by atoms with Crippen LogP contribution in [-0.2, 0) is 9.59 Å². The third kappa shape index (κ3) is 3.02. The van der Waals surface area contributed by atoms with Crippen molar-refractivity contribution in [3.8, 4) is 0 Å². The van der Waals surface area contributed by atoms with Crippen molar-refractivity contribution in [2.75, 3.05) is 10.2 Å². The van der Waals surface area contributed by atoms with Gasteiger partial charge in [0.15, 0.2) is 0 Å². The molecular formula is C19H19ClN2O2. The molecule has 0 unspecified atom stereocenters. The quantitative estimate of drug-likeness (QED) is 0.857. The molecule has 5 heteroatoms. The summed E-state index contributed by atoms with van der Waals surface area (Å²) in [5, 5.41) is 3.75. The molecule has 1 N–H and O–H groups in total. The van der Waals surface area contributed by atoms with Crippen LogP contribution in [0.1, 0.15) is 23.1 Å². The maximum Gasteiger partial charge on any atom is 0.256 e. The van der Waals surface area contributed by atoms with Gasteiger partial charge in [-0.3, -0.25) is 9.59 Å². The van der Waals surface area contributed by atoms with E-state index in [4.69, 9.17) is 11.6 Å². The van der Waals surface area contributed by atoms with Crippen molar-refractivity contribution in [1.82, 2.24) is 0 Å². The van der Waals surface area contributed by atoms with Gasteiger partial charge in [0.2, 0.25) is 5.91 Å². The molecule has 0 aliphatic carbocycles. The van der Waals surface area contributed by atoms with Gasteiger partial charge in [-0.2, -0.15) is 0 Å². The van der Waals surface area contributed by atoms with Crippen LogP contribution in [0.5, 0.6) is 0 Å². The van der Waals surface area contributed by atoms with Crippen LogP contribution < -0.4 is 10.2 Å². The number of nitrogens with one attached hydrogen (secondary N) is 1. The molecule has 4 nitrogen and oxygen atoms in total. The van der Waals surface area contributed by atoms with E-state index in [1.807, 2.05) is 45.0 Å². The number of rotatable bonds is 3. The lowest BCUT2D eigenvalue weighted by Crippen LogP contribution is -2.35. The van der Waals surface area contributed by atoms with E-state index >= 15 is 0 Å². The van der Waals surface area contributed by atoms with Crippen molar-refractivity contribution in [2.45, 2.75) is 33.2 Å². The van der Waals surface area contributed by atoms with Gasteiger partial charge >= 0.3 is 0 Å². The van der Waals surface area contributed by atoms with Crippen LogP contribution in [0.25, 0.3) is 0 Å². The van der Waals surface area contributed by atoms with E-state index in [2.05, 4.69) is 5.32 Å². The van der Waals surface area contributed by atoms with Crippen molar-refractivity contribution in [3.63, 3.8) is 0 Å². The standard InChI is InChI=1S/C19H19ClN2O2/c1-11-4-5-13(3)16(8-11)21-17-10-18(23)22(19(17)24)14-7-6-12(2)15(20)9-14/h4-9,17,21H,10H2,1-3H3/t17-/m0/s1. The van der Waals surface area contributed by atoms with Gasteiger partial charge in [0.1, 0.15) is 6.04 Å². The second-order valence-corrected chi connectivity index (χ2v) is 6.63. The average molecular weight is 343 g/mol. The molecule has 2 amide bonds. The molecule has 1 fully saturated rings. The highest BCUT2D eigenvalue weighted by Crippen LogP contribution is 2.29. The molecule has 1 aliphatic rings. The third-order valence-electron chi connectivity index (χ3n) is 4.28. The second kappa shape index (κ2) is 6.29. The van der Waals surface area contributed by atoms with E-state index in [9.17, 15) is 9.59 Å². The van der Waals surface area contributed by atoms with Crippen molar-refractivity contribution in [1.29, 1.82) is 0 Å². The smallest absolute Gasteiger partial charge is 0.256 e. The largest absolute Gasteiger partial charge is 0.373 e. The zero-order valence-electron chi connectivity index (χ0n) is 13.9. The Bertz CT molecular complexity index is 832. The number of carbonyl (C=O) groups excluding carboxylic acids is 2. The molecule has 0 saturated carbocycles. The summed E-state index contributed by atoms with van der Waals surface area (Å²) >= 11 is 6.13. The molecule has 3 rings (SSSR count). The summed E-state index contributed by atoms with van der Waals surface area (Å²) in [6.07, 6.45) is 0.137. The Kier molecular flexibility index (Phi) is 4.33. The monoisotopic (exact) mass is 342 g/mol. The van der Waals surface area contributed by atoms with Crippen molar-refractivity contribution >= 4 is 34.8 Å². The number of anilines is 2. The number of hydrogen-bond acceptors (Lipinski definition) is 3. The van der Waals surface area contributed by atoms with Gasteiger partial charge in [-0.1, -0.05) is 29.8 Å². The molecule has 2 aromatic rings. The predicted octanol–water partition coefficient (Wildman–Crippen LogP) is 4.01. The second-order valence-electron chi connectivity index (χ2n) is 6.22. The van der Waals surface area contributed by atoms with Crippen LogP contribution in [-0.4, -0.2) is 17.9 Å². The first-order valence-corrected chi connectivity index (χ1v) is 8.21. The Labute approximate surface area is 146 Å². The molecule has 124 valence electrons. The van der Waals surface area contributed by atoms with Crippen LogP contribution in [0.3, 0.4) is 0 Å². The number of amides is 2. The molecule has 1 atom stereocenters. The number of halogens is 1. The Morgan fingerprint density at radius 1 is 1.04 bits per heavy atom. The van der Waals surface area contributed by atoms with E-state index in [1.54, 1.807) is 12.1 Å². The highest BCUT2D eigenvalue weighted by molar-refractivity contribution is 6.32. The minimum atomic E-state index is -0.557. The average Bonchev–Trinajstić information content (AvgIpc) is 2.80. The number of hydrogen-bond donors (Lipinski definition) is 1. The first kappa shape index (κ1) is 16.5. The summed E-state index contributed by atoms with van der Waals surface area (Å²) in [6.45, 7) is 5.85. The Morgan fingerprint density at radius 3 is 2.46 bits per heavy atom.